The van der Waals surface area contributed by atoms with Crippen LogP contribution < -0.4 is 18.9 Å². The lowest BCUT2D eigenvalue weighted by Gasteiger charge is -2.12. The Balaban J connectivity index is 1.88. The molecule has 5 nitrogen and oxygen atoms in total. The SMILES string of the molecule is COc1ccc(O/C=C(\C)C(=Nc2ccccc2)Oc2ccccc2)c(OC)c1. The van der Waals surface area contributed by atoms with Crippen molar-refractivity contribution < 1.29 is 18.9 Å². The molecule has 0 radical (unpaired) electrons. The quantitative estimate of drug-likeness (QED) is 0.291. The van der Waals surface area contributed by atoms with Crippen LogP contribution in [0.15, 0.2) is 95.7 Å². The molecule has 29 heavy (non-hydrogen) atoms. The van der Waals surface area contributed by atoms with Gasteiger partial charge in [-0.05, 0) is 43.3 Å². The van der Waals surface area contributed by atoms with Gasteiger partial charge in [-0.2, -0.15) is 0 Å². The highest BCUT2D eigenvalue weighted by atomic mass is 16.5. The lowest BCUT2D eigenvalue weighted by atomic mass is 10.3. The van der Waals surface area contributed by atoms with Gasteiger partial charge in [0.25, 0.3) is 0 Å². The third-order valence-corrected chi connectivity index (χ3v) is 4.02. The maximum Gasteiger partial charge on any atom is 0.225 e. The topological polar surface area (TPSA) is 49.3 Å². The third kappa shape index (κ3) is 5.62. The van der Waals surface area contributed by atoms with Crippen LogP contribution in [0.25, 0.3) is 0 Å². The number of benzene rings is 3. The first-order valence-corrected chi connectivity index (χ1v) is 9.12. The number of hydrogen-bond acceptors (Lipinski definition) is 5. The molecular weight excluding hydrogens is 366 g/mol. The summed E-state index contributed by atoms with van der Waals surface area (Å²) in [5.74, 6) is 2.95. The highest BCUT2D eigenvalue weighted by Crippen LogP contribution is 2.31. The van der Waals surface area contributed by atoms with E-state index in [2.05, 4.69) is 4.99 Å². The van der Waals surface area contributed by atoms with E-state index >= 15 is 0 Å². The van der Waals surface area contributed by atoms with Crippen molar-refractivity contribution in [2.75, 3.05) is 14.2 Å². The van der Waals surface area contributed by atoms with Crippen LogP contribution >= 0.6 is 0 Å². The van der Waals surface area contributed by atoms with Crippen molar-refractivity contribution in [2.24, 2.45) is 4.99 Å². The van der Waals surface area contributed by atoms with Crippen LogP contribution in [0.5, 0.6) is 23.0 Å². The first-order chi connectivity index (χ1) is 14.2. The molecule has 0 atom stereocenters. The molecule has 3 aromatic carbocycles. The number of nitrogens with zero attached hydrogens (tertiary/aromatic N) is 1. The van der Waals surface area contributed by atoms with Gasteiger partial charge >= 0.3 is 0 Å². The van der Waals surface area contributed by atoms with Gasteiger partial charge in [-0.25, -0.2) is 4.99 Å². The van der Waals surface area contributed by atoms with E-state index in [4.69, 9.17) is 18.9 Å². The molecule has 0 saturated heterocycles. The van der Waals surface area contributed by atoms with Gasteiger partial charge < -0.3 is 18.9 Å². The number of aliphatic imine (C=N–C) groups is 1. The van der Waals surface area contributed by atoms with E-state index in [0.29, 0.717) is 28.9 Å². The molecule has 0 heterocycles. The Bertz CT molecular complexity index is 982. The maximum absolute atomic E-state index is 6.01. The zero-order valence-electron chi connectivity index (χ0n) is 16.7. The van der Waals surface area contributed by atoms with E-state index in [1.54, 1.807) is 38.7 Å². The predicted octanol–water partition coefficient (Wildman–Crippen LogP) is 5.80. The van der Waals surface area contributed by atoms with Crippen LogP contribution in [-0.2, 0) is 0 Å². The van der Waals surface area contributed by atoms with E-state index in [-0.39, 0.29) is 0 Å². The summed E-state index contributed by atoms with van der Waals surface area (Å²) in [6, 6.07) is 24.5. The first kappa shape index (κ1) is 20.0. The fourth-order valence-electron chi connectivity index (χ4n) is 2.49. The molecule has 0 saturated carbocycles. The second kappa shape index (κ2) is 9.99. The molecule has 0 aliphatic heterocycles. The molecule has 3 rings (SSSR count). The average Bonchev–Trinajstić information content (AvgIpc) is 2.78. The van der Waals surface area contributed by atoms with Gasteiger partial charge in [-0.1, -0.05) is 36.4 Å². The lowest BCUT2D eigenvalue weighted by molar-refractivity contribution is 0.367. The van der Waals surface area contributed by atoms with Crippen molar-refractivity contribution in [1.29, 1.82) is 0 Å². The van der Waals surface area contributed by atoms with Crippen LogP contribution in [-0.4, -0.2) is 20.1 Å². The van der Waals surface area contributed by atoms with Crippen LogP contribution in [0.3, 0.4) is 0 Å². The normalized spacial score (nSPS) is 11.7. The number of hydrogen-bond donors (Lipinski definition) is 0. The molecule has 0 aliphatic carbocycles. The second-order valence-corrected chi connectivity index (χ2v) is 6.10. The van der Waals surface area contributed by atoms with Gasteiger partial charge in [0, 0.05) is 11.6 Å². The summed E-state index contributed by atoms with van der Waals surface area (Å²) < 4.78 is 22.4. The second-order valence-electron chi connectivity index (χ2n) is 6.10. The Labute approximate surface area is 170 Å². The molecular formula is C24H23NO4. The molecule has 0 aliphatic rings. The van der Waals surface area contributed by atoms with Gasteiger partial charge in [-0.3, -0.25) is 0 Å². The summed E-state index contributed by atoms with van der Waals surface area (Å²) in [7, 11) is 3.19. The zero-order valence-corrected chi connectivity index (χ0v) is 16.7. The van der Waals surface area contributed by atoms with Crippen molar-refractivity contribution in [1.82, 2.24) is 0 Å². The third-order valence-electron chi connectivity index (χ3n) is 4.02. The minimum Gasteiger partial charge on any atom is -0.497 e. The number of rotatable bonds is 7. The Morgan fingerprint density at radius 2 is 1.45 bits per heavy atom. The Morgan fingerprint density at radius 3 is 2.10 bits per heavy atom. The summed E-state index contributed by atoms with van der Waals surface area (Å²) in [6.45, 7) is 1.88. The molecule has 0 bridgehead atoms. The van der Waals surface area contributed by atoms with Gasteiger partial charge in [-0.15, -0.1) is 0 Å². The maximum atomic E-state index is 6.01. The lowest BCUT2D eigenvalue weighted by Crippen LogP contribution is -2.11. The van der Waals surface area contributed by atoms with Crippen molar-refractivity contribution in [3.8, 4) is 23.0 Å². The Morgan fingerprint density at radius 1 is 0.759 bits per heavy atom. The largest absolute Gasteiger partial charge is 0.497 e. The van der Waals surface area contributed by atoms with Crippen molar-refractivity contribution >= 4 is 11.6 Å². The molecule has 0 unspecified atom stereocenters. The van der Waals surface area contributed by atoms with Gasteiger partial charge in [0.05, 0.1) is 26.2 Å². The van der Waals surface area contributed by atoms with E-state index in [1.165, 1.54) is 0 Å². The summed E-state index contributed by atoms with van der Waals surface area (Å²) in [5.41, 5.74) is 1.50. The fraction of sp³-hybridized carbons (Fsp3) is 0.125. The molecule has 3 aromatic rings. The van der Waals surface area contributed by atoms with Crippen molar-refractivity contribution in [3.63, 3.8) is 0 Å². The predicted molar refractivity (Wildman–Crippen MR) is 115 cm³/mol. The average molecular weight is 389 g/mol. The molecule has 5 heteroatoms. The molecule has 0 fully saturated rings. The van der Waals surface area contributed by atoms with Gasteiger partial charge in [0.15, 0.2) is 11.5 Å². The monoisotopic (exact) mass is 389 g/mol. The number of methoxy groups -OCH3 is 2. The summed E-state index contributed by atoms with van der Waals surface area (Å²) in [4.78, 5) is 4.63. The molecule has 0 aromatic heterocycles. The van der Waals surface area contributed by atoms with Crippen molar-refractivity contribution in [3.05, 3.63) is 90.7 Å². The van der Waals surface area contributed by atoms with E-state index < -0.39 is 0 Å². The number of ether oxygens (including phenoxy) is 4. The molecule has 0 amide bonds. The van der Waals surface area contributed by atoms with Crippen LogP contribution in [0.1, 0.15) is 6.92 Å². The first-order valence-electron chi connectivity index (χ1n) is 9.12. The zero-order chi connectivity index (χ0) is 20.5. The van der Waals surface area contributed by atoms with Crippen molar-refractivity contribution in [2.45, 2.75) is 6.92 Å². The minimum absolute atomic E-state index is 0.440. The Kier molecular flexibility index (Phi) is 6.90. The highest BCUT2D eigenvalue weighted by molar-refractivity contribution is 5.96. The number of para-hydroxylation sites is 2. The summed E-state index contributed by atoms with van der Waals surface area (Å²) in [6.07, 6.45) is 1.59. The van der Waals surface area contributed by atoms with Crippen LogP contribution in [0.4, 0.5) is 5.69 Å². The van der Waals surface area contributed by atoms with E-state index in [0.717, 1.165) is 11.3 Å². The molecule has 148 valence electrons. The van der Waals surface area contributed by atoms with Gasteiger partial charge in [0.2, 0.25) is 5.90 Å². The van der Waals surface area contributed by atoms with E-state index in [9.17, 15) is 0 Å². The van der Waals surface area contributed by atoms with Crippen LogP contribution in [0, 0.1) is 0 Å². The minimum atomic E-state index is 0.440. The smallest absolute Gasteiger partial charge is 0.225 e. The van der Waals surface area contributed by atoms with E-state index in [1.807, 2.05) is 67.6 Å². The molecule has 0 N–H and O–H groups in total. The van der Waals surface area contributed by atoms with Crippen LogP contribution in [0.2, 0.25) is 0 Å². The molecule has 0 spiro atoms. The fourth-order valence-corrected chi connectivity index (χ4v) is 2.49. The van der Waals surface area contributed by atoms with Gasteiger partial charge in [0.1, 0.15) is 11.5 Å². The Hall–Kier alpha value is -3.73. The summed E-state index contributed by atoms with van der Waals surface area (Å²) in [5, 5.41) is 0. The standard InChI is InChI=1S/C24H23NO4/c1-18(17-28-22-15-14-21(26-2)16-23(22)27-3)24(25-19-10-6-4-7-11-19)29-20-12-8-5-9-13-20/h4-17H,1-3H3/b18-17+,25-24?. The summed E-state index contributed by atoms with van der Waals surface area (Å²) >= 11 is 0. The highest BCUT2D eigenvalue weighted by Gasteiger charge is 2.10.